The molecule has 0 heterocycles. The molecule has 1 rings (SSSR count). The van der Waals surface area contributed by atoms with E-state index in [0.29, 0.717) is 0 Å². The fraction of sp³-hybridized carbons (Fsp3) is 0.300. The number of nitrogens with one attached hydrogen (secondary N) is 1. The molecular formula is C10H13F2NO2. The van der Waals surface area contributed by atoms with Crippen molar-refractivity contribution in [2.75, 3.05) is 14.1 Å². The smallest absolute Gasteiger partial charge is 0.323 e. The molecular weight excluding hydrogens is 204 g/mol. The van der Waals surface area contributed by atoms with E-state index >= 15 is 0 Å². The van der Waals surface area contributed by atoms with Crippen LogP contribution in [0.1, 0.15) is 5.56 Å². The molecule has 0 atom stereocenters. The van der Waals surface area contributed by atoms with Crippen LogP contribution in [0.3, 0.4) is 0 Å². The number of carbonyl (C=O) groups excluding carboxylic acids is 1. The van der Waals surface area contributed by atoms with Crippen LogP contribution in [0.5, 0.6) is 0 Å². The third-order valence-corrected chi connectivity index (χ3v) is 1.38. The van der Waals surface area contributed by atoms with E-state index in [0.717, 1.165) is 0 Å². The summed E-state index contributed by atoms with van der Waals surface area (Å²) in [5.41, 5.74) is 0.125. The predicted molar refractivity (Wildman–Crippen MR) is 52.3 cm³/mol. The van der Waals surface area contributed by atoms with Gasteiger partial charge >= 0.3 is 5.97 Å². The van der Waals surface area contributed by atoms with E-state index in [4.69, 9.17) is 0 Å². The second-order valence-electron chi connectivity index (χ2n) is 2.72. The van der Waals surface area contributed by atoms with Crippen molar-refractivity contribution in [3.63, 3.8) is 0 Å². The highest BCUT2D eigenvalue weighted by Gasteiger charge is 2.08. The monoisotopic (exact) mass is 217 g/mol. The summed E-state index contributed by atoms with van der Waals surface area (Å²) < 4.78 is 24.0. The normalized spacial score (nSPS) is 8.80. The average molecular weight is 217 g/mol. The summed E-state index contributed by atoms with van der Waals surface area (Å²) in [6.45, 7) is 0. The molecule has 0 aromatic heterocycles. The van der Waals surface area contributed by atoms with E-state index in [1.807, 2.05) is 14.1 Å². The molecule has 0 fully saturated rings. The summed E-state index contributed by atoms with van der Waals surface area (Å²) in [5.74, 6) is -1.64. The summed E-state index contributed by atoms with van der Waals surface area (Å²) in [4.78, 5) is 13.3. The molecule has 0 saturated heterocycles. The third kappa shape index (κ3) is 5.74. The van der Waals surface area contributed by atoms with Crippen LogP contribution in [0, 0.1) is 5.82 Å². The lowest BCUT2D eigenvalue weighted by Crippen LogP contribution is -2.03. The number of hydrogen-bond acceptors (Lipinski definition) is 3. The van der Waals surface area contributed by atoms with Gasteiger partial charge in [-0.2, -0.15) is 0 Å². The van der Waals surface area contributed by atoms with Gasteiger partial charge in [0.1, 0.15) is 5.82 Å². The third-order valence-electron chi connectivity index (χ3n) is 1.38. The second-order valence-corrected chi connectivity index (χ2v) is 2.72. The fourth-order valence-electron chi connectivity index (χ4n) is 0.825. The van der Waals surface area contributed by atoms with Gasteiger partial charge in [0.2, 0.25) is 0 Å². The van der Waals surface area contributed by atoms with E-state index in [2.05, 4.69) is 10.3 Å². The largest absolute Gasteiger partial charge is 0.353 e. The fourth-order valence-corrected chi connectivity index (χ4v) is 0.825. The number of benzene rings is 1. The van der Waals surface area contributed by atoms with E-state index < -0.39 is 11.8 Å². The molecule has 0 bridgehead atoms. The van der Waals surface area contributed by atoms with Gasteiger partial charge in [-0.15, -0.1) is 0 Å². The van der Waals surface area contributed by atoms with Crippen molar-refractivity contribution in [1.82, 2.24) is 5.32 Å². The Bertz CT molecular complexity index is 305. The molecule has 0 aliphatic rings. The Labute approximate surface area is 87.0 Å². The zero-order valence-electron chi connectivity index (χ0n) is 8.59. The van der Waals surface area contributed by atoms with Gasteiger partial charge in [0.15, 0.2) is 0 Å². The summed E-state index contributed by atoms with van der Waals surface area (Å²) in [6, 6.07) is 5.64. The minimum atomic E-state index is -1.10. The molecule has 84 valence electrons. The lowest BCUT2D eigenvalue weighted by molar-refractivity contribution is -0.182. The number of hydrogen-bond donors (Lipinski definition) is 1. The zero-order chi connectivity index (χ0) is 11.7. The lowest BCUT2D eigenvalue weighted by Gasteiger charge is -1.97. The quantitative estimate of drug-likeness (QED) is 0.818. The standard InChI is InChI=1S/C8H6F2O2.C2H7N/c9-7-4-2-1-3-6(7)5-8(11)12-10;1-3-2/h1-4H,5H2;3H,1-2H3. The maximum atomic E-state index is 12.8. The summed E-state index contributed by atoms with van der Waals surface area (Å²) in [5, 5.41) is 2.75. The first kappa shape index (κ1) is 13.5. The van der Waals surface area contributed by atoms with Crippen molar-refractivity contribution in [3.8, 4) is 0 Å². The molecule has 1 aromatic rings. The van der Waals surface area contributed by atoms with Gasteiger partial charge in [-0.1, -0.05) is 18.2 Å². The molecule has 3 nitrogen and oxygen atoms in total. The number of halogens is 2. The molecule has 1 N–H and O–H groups in total. The van der Waals surface area contributed by atoms with Crippen LogP contribution in [0.15, 0.2) is 24.3 Å². The highest BCUT2D eigenvalue weighted by atomic mass is 19.3. The maximum absolute atomic E-state index is 12.8. The zero-order valence-corrected chi connectivity index (χ0v) is 8.59. The van der Waals surface area contributed by atoms with Gasteiger partial charge in [-0.05, 0) is 25.7 Å². The first-order valence-electron chi connectivity index (χ1n) is 4.29. The van der Waals surface area contributed by atoms with Crippen molar-refractivity contribution in [1.29, 1.82) is 0 Å². The van der Waals surface area contributed by atoms with Crippen molar-refractivity contribution < 1.29 is 18.7 Å². The van der Waals surface area contributed by atoms with Crippen LogP contribution in [0.2, 0.25) is 0 Å². The first-order chi connectivity index (χ1) is 7.15. The van der Waals surface area contributed by atoms with Gasteiger partial charge in [0.05, 0.1) is 6.42 Å². The first-order valence-corrected chi connectivity index (χ1v) is 4.29. The molecule has 0 spiro atoms. The van der Waals surface area contributed by atoms with E-state index in [1.54, 1.807) is 6.07 Å². The Kier molecular flexibility index (Phi) is 7.09. The highest BCUT2D eigenvalue weighted by Crippen LogP contribution is 2.07. The van der Waals surface area contributed by atoms with Crippen LogP contribution < -0.4 is 5.32 Å². The molecule has 1 aromatic carbocycles. The summed E-state index contributed by atoms with van der Waals surface area (Å²) in [7, 11) is 3.75. The van der Waals surface area contributed by atoms with Gasteiger partial charge in [0.25, 0.3) is 0 Å². The number of carbonyl (C=O) groups is 1. The number of rotatable bonds is 2. The Hall–Kier alpha value is -1.49. The van der Waals surface area contributed by atoms with Gasteiger partial charge in [-0.3, -0.25) is 4.94 Å². The van der Waals surface area contributed by atoms with E-state index in [1.165, 1.54) is 18.2 Å². The second kappa shape index (κ2) is 7.87. The van der Waals surface area contributed by atoms with E-state index in [-0.39, 0.29) is 12.0 Å². The highest BCUT2D eigenvalue weighted by molar-refractivity contribution is 5.71. The molecule has 15 heavy (non-hydrogen) atoms. The van der Waals surface area contributed by atoms with Crippen molar-refractivity contribution in [2.24, 2.45) is 0 Å². The Morgan fingerprint density at radius 2 is 1.93 bits per heavy atom. The minimum Gasteiger partial charge on any atom is -0.323 e. The summed E-state index contributed by atoms with van der Waals surface area (Å²) >= 11 is 0. The van der Waals surface area contributed by atoms with Crippen molar-refractivity contribution in [2.45, 2.75) is 6.42 Å². The van der Waals surface area contributed by atoms with Crippen LogP contribution in [-0.4, -0.2) is 20.1 Å². The average Bonchev–Trinajstić information content (AvgIpc) is 2.22. The Morgan fingerprint density at radius 1 is 1.40 bits per heavy atom. The molecule has 0 saturated carbocycles. The molecule has 0 amide bonds. The molecule has 0 unspecified atom stereocenters. The van der Waals surface area contributed by atoms with Gasteiger partial charge < -0.3 is 5.32 Å². The van der Waals surface area contributed by atoms with Crippen LogP contribution >= 0.6 is 0 Å². The van der Waals surface area contributed by atoms with E-state index in [9.17, 15) is 13.7 Å². The van der Waals surface area contributed by atoms with Crippen LogP contribution in [-0.2, 0) is 16.2 Å². The predicted octanol–water partition coefficient (Wildman–Crippen LogP) is 1.63. The Balaban J connectivity index is 0.000000583. The summed E-state index contributed by atoms with van der Waals surface area (Å²) in [6.07, 6.45) is -0.386. The topological polar surface area (TPSA) is 38.3 Å². The molecule has 5 heteroatoms. The van der Waals surface area contributed by atoms with Gasteiger partial charge in [0, 0.05) is 4.53 Å². The lowest BCUT2D eigenvalue weighted by atomic mass is 10.1. The van der Waals surface area contributed by atoms with Crippen LogP contribution in [0.4, 0.5) is 8.92 Å². The molecule has 0 aliphatic heterocycles. The van der Waals surface area contributed by atoms with Crippen molar-refractivity contribution in [3.05, 3.63) is 35.6 Å². The maximum Gasteiger partial charge on any atom is 0.353 e. The molecule has 0 aliphatic carbocycles. The SMILES string of the molecule is CNC.O=C(Cc1ccccc1F)OF. The van der Waals surface area contributed by atoms with Crippen molar-refractivity contribution >= 4 is 5.97 Å². The molecule has 0 radical (unpaired) electrons. The van der Waals surface area contributed by atoms with Gasteiger partial charge in [-0.25, -0.2) is 9.18 Å². The van der Waals surface area contributed by atoms with Crippen LogP contribution in [0.25, 0.3) is 0 Å². The minimum absolute atomic E-state index is 0.125. The Morgan fingerprint density at radius 3 is 2.40 bits per heavy atom.